The maximum atomic E-state index is 12.9. The van der Waals surface area contributed by atoms with Crippen LogP contribution in [0.4, 0.5) is 5.95 Å². The van der Waals surface area contributed by atoms with Crippen molar-refractivity contribution < 1.29 is 4.74 Å². The maximum absolute atomic E-state index is 12.9. The molecule has 3 heterocycles. The minimum absolute atomic E-state index is 0. The lowest BCUT2D eigenvalue weighted by Gasteiger charge is -2.23. The summed E-state index contributed by atoms with van der Waals surface area (Å²) in [6.07, 6.45) is 3.66. The van der Waals surface area contributed by atoms with E-state index in [1.165, 1.54) is 0 Å². The number of ether oxygens (including phenoxy) is 1. The largest absolute Gasteiger partial charge is 0.381 e. The highest BCUT2D eigenvalue weighted by Gasteiger charge is 2.16. The van der Waals surface area contributed by atoms with E-state index in [0.717, 1.165) is 42.6 Å². The Labute approximate surface area is 164 Å². The highest BCUT2D eigenvalue weighted by molar-refractivity contribution is 5.85. The summed E-state index contributed by atoms with van der Waals surface area (Å²) in [4.78, 5) is 21.9. The third-order valence-electron chi connectivity index (χ3n) is 4.94. The van der Waals surface area contributed by atoms with Gasteiger partial charge in [0.2, 0.25) is 5.95 Å². The van der Waals surface area contributed by atoms with E-state index >= 15 is 0 Å². The topological polar surface area (TPSA) is 69.0 Å². The predicted octanol–water partition coefficient (Wildman–Crippen LogP) is 3.32. The van der Waals surface area contributed by atoms with Gasteiger partial charge in [-0.15, -0.1) is 12.4 Å². The summed E-state index contributed by atoms with van der Waals surface area (Å²) in [7, 11) is 1.76. The number of aromatic nitrogens is 3. The van der Waals surface area contributed by atoms with Gasteiger partial charge in [0.05, 0.1) is 0 Å². The molecule has 3 aromatic rings. The Morgan fingerprint density at radius 2 is 1.93 bits per heavy atom. The van der Waals surface area contributed by atoms with Gasteiger partial charge in [-0.3, -0.25) is 9.36 Å². The van der Waals surface area contributed by atoms with Crippen LogP contribution in [0, 0.1) is 6.92 Å². The highest BCUT2D eigenvalue weighted by atomic mass is 35.5. The normalized spacial score (nSPS) is 14.7. The van der Waals surface area contributed by atoms with E-state index in [-0.39, 0.29) is 18.0 Å². The maximum Gasteiger partial charge on any atom is 0.259 e. The highest BCUT2D eigenvalue weighted by Crippen LogP contribution is 2.23. The van der Waals surface area contributed by atoms with Crippen molar-refractivity contribution in [1.29, 1.82) is 0 Å². The fourth-order valence-electron chi connectivity index (χ4n) is 3.41. The third kappa shape index (κ3) is 3.82. The monoisotopic (exact) mass is 386 g/mol. The molecule has 0 spiro atoms. The van der Waals surface area contributed by atoms with Crippen LogP contribution in [0.1, 0.15) is 18.4 Å². The molecule has 27 heavy (non-hydrogen) atoms. The van der Waals surface area contributed by atoms with Crippen LogP contribution in [0.5, 0.6) is 0 Å². The molecule has 142 valence electrons. The number of benzene rings is 1. The van der Waals surface area contributed by atoms with Crippen molar-refractivity contribution in [1.82, 2.24) is 14.5 Å². The Balaban J connectivity index is 0.00000210. The molecular formula is C20H23ClN4O2. The first-order valence-corrected chi connectivity index (χ1v) is 8.90. The molecule has 0 bridgehead atoms. The number of halogens is 1. The number of nitrogens with zero attached hydrogens (tertiary/aromatic N) is 3. The molecule has 7 heteroatoms. The average Bonchev–Trinajstić information content (AvgIpc) is 2.66. The van der Waals surface area contributed by atoms with Crippen LogP contribution in [0.2, 0.25) is 0 Å². The fourth-order valence-corrected chi connectivity index (χ4v) is 3.41. The number of rotatable bonds is 3. The molecule has 0 unspecified atom stereocenters. The summed E-state index contributed by atoms with van der Waals surface area (Å²) in [6.45, 7) is 3.52. The SMILES string of the molecule is Cc1ccccc1-c1cc2cnc(NC3CCOCC3)nc2n(C)c1=O.Cl. The lowest BCUT2D eigenvalue weighted by Crippen LogP contribution is -2.29. The minimum Gasteiger partial charge on any atom is -0.381 e. The van der Waals surface area contributed by atoms with Gasteiger partial charge in [-0.1, -0.05) is 24.3 Å². The second kappa shape index (κ2) is 8.06. The van der Waals surface area contributed by atoms with Gasteiger partial charge in [0.25, 0.3) is 5.56 Å². The lowest BCUT2D eigenvalue weighted by atomic mass is 10.0. The van der Waals surface area contributed by atoms with Gasteiger partial charge in [0.15, 0.2) is 0 Å². The zero-order valence-electron chi connectivity index (χ0n) is 15.4. The Hall–Kier alpha value is -2.44. The van der Waals surface area contributed by atoms with Gasteiger partial charge in [-0.2, -0.15) is 4.98 Å². The van der Waals surface area contributed by atoms with Gasteiger partial charge in [-0.05, 0) is 37.0 Å². The molecule has 1 N–H and O–H groups in total. The van der Waals surface area contributed by atoms with Crippen molar-refractivity contribution in [3.63, 3.8) is 0 Å². The average molecular weight is 387 g/mol. The van der Waals surface area contributed by atoms with Crippen molar-refractivity contribution in [2.75, 3.05) is 18.5 Å². The van der Waals surface area contributed by atoms with Crippen LogP contribution in [-0.2, 0) is 11.8 Å². The molecule has 4 rings (SSSR count). The molecule has 0 amide bonds. The van der Waals surface area contributed by atoms with Crippen molar-refractivity contribution in [3.05, 3.63) is 52.4 Å². The van der Waals surface area contributed by atoms with E-state index in [1.54, 1.807) is 17.8 Å². The zero-order chi connectivity index (χ0) is 18.1. The van der Waals surface area contributed by atoms with Crippen molar-refractivity contribution >= 4 is 29.4 Å². The molecule has 1 aliphatic heterocycles. The number of fused-ring (bicyclic) bond motifs is 1. The number of aryl methyl sites for hydroxylation is 2. The van der Waals surface area contributed by atoms with E-state index in [1.807, 2.05) is 37.3 Å². The molecule has 1 aromatic carbocycles. The van der Waals surface area contributed by atoms with Gasteiger partial charge < -0.3 is 10.1 Å². The first-order valence-electron chi connectivity index (χ1n) is 8.90. The fraction of sp³-hybridized carbons (Fsp3) is 0.350. The number of nitrogens with one attached hydrogen (secondary N) is 1. The standard InChI is InChI=1S/C20H22N4O2.ClH/c1-13-5-3-4-6-16(13)17-11-14-12-21-20(22-15-7-9-26-10-8-15)23-18(14)24(2)19(17)25;/h3-6,11-12,15H,7-10H2,1-2H3,(H,21,22,23);1H. The van der Waals surface area contributed by atoms with Crippen LogP contribution >= 0.6 is 12.4 Å². The molecule has 1 aliphatic rings. The van der Waals surface area contributed by atoms with E-state index in [2.05, 4.69) is 15.3 Å². The van der Waals surface area contributed by atoms with Crippen LogP contribution in [0.15, 0.2) is 41.3 Å². The van der Waals surface area contributed by atoms with E-state index in [4.69, 9.17) is 4.74 Å². The van der Waals surface area contributed by atoms with Crippen LogP contribution < -0.4 is 10.9 Å². The Kier molecular flexibility index (Phi) is 5.77. The van der Waals surface area contributed by atoms with Gasteiger partial charge in [0.1, 0.15) is 5.65 Å². The second-order valence-electron chi connectivity index (χ2n) is 6.74. The first kappa shape index (κ1) is 19.3. The molecule has 0 saturated carbocycles. The summed E-state index contributed by atoms with van der Waals surface area (Å²) in [5.41, 5.74) is 3.27. The quantitative estimate of drug-likeness (QED) is 0.747. The number of hydrogen-bond acceptors (Lipinski definition) is 5. The van der Waals surface area contributed by atoms with Crippen molar-refractivity contribution in [3.8, 4) is 11.1 Å². The Bertz CT molecular complexity index is 1010. The van der Waals surface area contributed by atoms with Crippen molar-refractivity contribution in [2.24, 2.45) is 7.05 Å². The van der Waals surface area contributed by atoms with E-state index in [0.29, 0.717) is 23.2 Å². The second-order valence-corrected chi connectivity index (χ2v) is 6.74. The van der Waals surface area contributed by atoms with E-state index < -0.39 is 0 Å². The van der Waals surface area contributed by atoms with Crippen LogP contribution in [0.3, 0.4) is 0 Å². The van der Waals surface area contributed by atoms with Crippen LogP contribution in [-0.4, -0.2) is 33.8 Å². The van der Waals surface area contributed by atoms with Gasteiger partial charge in [0, 0.05) is 43.4 Å². The summed E-state index contributed by atoms with van der Waals surface area (Å²) in [6, 6.07) is 10.1. The predicted molar refractivity (Wildman–Crippen MR) is 110 cm³/mol. The smallest absolute Gasteiger partial charge is 0.259 e. The summed E-state index contributed by atoms with van der Waals surface area (Å²) < 4.78 is 6.99. The number of pyridine rings is 1. The summed E-state index contributed by atoms with van der Waals surface area (Å²) >= 11 is 0. The van der Waals surface area contributed by atoms with Gasteiger partial charge in [-0.25, -0.2) is 4.98 Å². The Morgan fingerprint density at radius 3 is 2.67 bits per heavy atom. The minimum atomic E-state index is -0.0532. The van der Waals surface area contributed by atoms with Crippen LogP contribution in [0.25, 0.3) is 22.2 Å². The molecule has 2 aromatic heterocycles. The molecule has 1 saturated heterocycles. The molecule has 1 fully saturated rings. The number of hydrogen-bond donors (Lipinski definition) is 1. The lowest BCUT2D eigenvalue weighted by molar-refractivity contribution is 0.0903. The van der Waals surface area contributed by atoms with Gasteiger partial charge >= 0.3 is 0 Å². The van der Waals surface area contributed by atoms with Crippen molar-refractivity contribution in [2.45, 2.75) is 25.8 Å². The first-order chi connectivity index (χ1) is 12.6. The summed E-state index contributed by atoms with van der Waals surface area (Å²) in [5.74, 6) is 0.558. The summed E-state index contributed by atoms with van der Waals surface area (Å²) in [5, 5.41) is 4.21. The molecule has 0 aliphatic carbocycles. The van der Waals surface area contributed by atoms with E-state index in [9.17, 15) is 4.79 Å². The zero-order valence-corrected chi connectivity index (χ0v) is 16.3. The molecule has 0 atom stereocenters. The molecule has 6 nitrogen and oxygen atoms in total. The Morgan fingerprint density at radius 1 is 1.19 bits per heavy atom. The molecule has 0 radical (unpaired) electrons. The molecular weight excluding hydrogens is 364 g/mol. The number of anilines is 1. The third-order valence-corrected chi connectivity index (χ3v) is 4.94.